The van der Waals surface area contributed by atoms with Gasteiger partial charge in [-0.1, -0.05) is 12.1 Å². The number of hydrogen-bond donors (Lipinski definition) is 1. The summed E-state index contributed by atoms with van der Waals surface area (Å²) in [4.78, 5) is 4.61. The molecule has 0 amide bonds. The van der Waals surface area contributed by atoms with Crippen molar-refractivity contribution in [1.82, 2.24) is 10.2 Å². The maximum Gasteiger partial charge on any atom is 0.0400 e. The van der Waals surface area contributed by atoms with Gasteiger partial charge in [-0.25, -0.2) is 0 Å². The second-order valence-electron chi connectivity index (χ2n) is 5.07. The molecule has 0 spiro atoms. The number of likely N-dealkylation sites (N-methyl/N-ethyl adjacent to an activating group) is 2. The van der Waals surface area contributed by atoms with Gasteiger partial charge in [-0.15, -0.1) is 0 Å². The summed E-state index contributed by atoms with van der Waals surface area (Å²) in [6, 6.07) is 6.66. The summed E-state index contributed by atoms with van der Waals surface area (Å²) < 4.78 is 0. The van der Waals surface area contributed by atoms with Crippen molar-refractivity contribution in [3.8, 4) is 0 Å². The van der Waals surface area contributed by atoms with Gasteiger partial charge in [0.2, 0.25) is 0 Å². The van der Waals surface area contributed by atoms with Crippen LogP contribution in [0.2, 0.25) is 0 Å². The Balaban J connectivity index is 2.14. The first-order valence-corrected chi connectivity index (χ1v) is 6.36. The molecule has 0 saturated heterocycles. The van der Waals surface area contributed by atoms with Crippen LogP contribution >= 0.6 is 0 Å². The molecule has 3 heteroatoms. The molecule has 0 unspecified atom stereocenters. The molecule has 1 aliphatic heterocycles. The van der Waals surface area contributed by atoms with Gasteiger partial charge in [0, 0.05) is 32.4 Å². The molecule has 1 aromatic rings. The van der Waals surface area contributed by atoms with Gasteiger partial charge in [0.15, 0.2) is 0 Å². The summed E-state index contributed by atoms with van der Waals surface area (Å²) in [5, 5.41) is 3.43. The van der Waals surface area contributed by atoms with Crippen molar-refractivity contribution >= 4 is 5.69 Å². The van der Waals surface area contributed by atoms with Gasteiger partial charge in [-0.2, -0.15) is 0 Å². The number of benzene rings is 1. The molecule has 0 aliphatic carbocycles. The summed E-state index contributed by atoms with van der Waals surface area (Å²) in [6.45, 7) is 4.30. The molecule has 1 N–H and O–H groups in total. The van der Waals surface area contributed by atoms with Crippen LogP contribution in [0.5, 0.6) is 0 Å². The molecular weight excluding hydrogens is 210 g/mol. The molecule has 1 aromatic carbocycles. The van der Waals surface area contributed by atoms with Crippen LogP contribution in [0.4, 0.5) is 5.69 Å². The average molecular weight is 233 g/mol. The van der Waals surface area contributed by atoms with Crippen LogP contribution in [-0.4, -0.2) is 45.7 Å². The zero-order valence-electron chi connectivity index (χ0n) is 11.2. The highest BCUT2D eigenvalue weighted by Gasteiger charge is 2.14. The Morgan fingerprint density at radius 1 is 1.18 bits per heavy atom. The fourth-order valence-electron chi connectivity index (χ4n) is 2.34. The predicted molar refractivity (Wildman–Crippen MR) is 73.7 cm³/mol. The third-order valence-electron chi connectivity index (χ3n) is 3.41. The summed E-state index contributed by atoms with van der Waals surface area (Å²) in [5.74, 6) is 0. The van der Waals surface area contributed by atoms with Crippen molar-refractivity contribution in [2.24, 2.45) is 0 Å². The Labute approximate surface area is 104 Å². The van der Waals surface area contributed by atoms with E-state index in [9.17, 15) is 0 Å². The first-order valence-electron chi connectivity index (χ1n) is 6.36. The van der Waals surface area contributed by atoms with Gasteiger partial charge in [-0.3, -0.25) is 0 Å². The molecule has 0 saturated carbocycles. The SMILES string of the molecule is CN(C)CCN(C)c1cccc2c1CCNC2. The third-order valence-corrected chi connectivity index (χ3v) is 3.41. The first-order chi connectivity index (χ1) is 8.18. The summed E-state index contributed by atoms with van der Waals surface area (Å²) >= 11 is 0. The van der Waals surface area contributed by atoms with Crippen molar-refractivity contribution in [2.45, 2.75) is 13.0 Å². The van der Waals surface area contributed by atoms with Crippen LogP contribution in [0, 0.1) is 0 Å². The number of rotatable bonds is 4. The van der Waals surface area contributed by atoms with Crippen LogP contribution in [0.25, 0.3) is 0 Å². The van der Waals surface area contributed by atoms with Crippen molar-refractivity contribution in [3.63, 3.8) is 0 Å². The van der Waals surface area contributed by atoms with E-state index in [1.807, 2.05) is 0 Å². The monoisotopic (exact) mass is 233 g/mol. The lowest BCUT2D eigenvalue weighted by Crippen LogP contribution is -2.31. The summed E-state index contributed by atoms with van der Waals surface area (Å²) in [6.07, 6.45) is 1.15. The zero-order valence-corrected chi connectivity index (χ0v) is 11.2. The van der Waals surface area contributed by atoms with Gasteiger partial charge in [0.25, 0.3) is 0 Å². The van der Waals surface area contributed by atoms with E-state index < -0.39 is 0 Å². The Kier molecular flexibility index (Phi) is 4.02. The minimum Gasteiger partial charge on any atom is -0.373 e. The minimum atomic E-state index is 1.02. The molecule has 1 heterocycles. The van der Waals surface area contributed by atoms with Gasteiger partial charge < -0.3 is 15.1 Å². The molecule has 94 valence electrons. The van der Waals surface area contributed by atoms with E-state index in [1.165, 1.54) is 16.8 Å². The van der Waals surface area contributed by atoms with Crippen LogP contribution in [-0.2, 0) is 13.0 Å². The molecule has 0 radical (unpaired) electrons. The topological polar surface area (TPSA) is 18.5 Å². The van der Waals surface area contributed by atoms with E-state index in [0.29, 0.717) is 0 Å². The van der Waals surface area contributed by atoms with E-state index in [-0.39, 0.29) is 0 Å². The molecular formula is C14H23N3. The van der Waals surface area contributed by atoms with Gasteiger partial charge >= 0.3 is 0 Å². The number of fused-ring (bicyclic) bond motifs is 1. The van der Waals surface area contributed by atoms with Crippen LogP contribution < -0.4 is 10.2 Å². The van der Waals surface area contributed by atoms with Crippen LogP contribution in [0.1, 0.15) is 11.1 Å². The fourth-order valence-corrected chi connectivity index (χ4v) is 2.34. The molecule has 0 aromatic heterocycles. The Morgan fingerprint density at radius 3 is 2.76 bits per heavy atom. The molecule has 1 aliphatic rings. The van der Waals surface area contributed by atoms with Crippen molar-refractivity contribution < 1.29 is 0 Å². The highest BCUT2D eigenvalue weighted by Crippen LogP contribution is 2.25. The lowest BCUT2D eigenvalue weighted by molar-refractivity contribution is 0.416. The number of hydrogen-bond acceptors (Lipinski definition) is 3. The second kappa shape index (κ2) is 5.52. The first kappa shape index (κ1) is 12.4. The Morgan fingerprint density at radius 2 is 2.00 bits per heavy atom. The van der Waals surface area contributed by atoms with E-state index in [1.54, 1.807) is 0 Å². The normalized spacial score (nSPS) is 14.8. The molecule has 2 rings (SSSR count). The van der Waals surface area contributed by atoms with E-state index in [4.69, 9.17) is 0 Å². The zero-order chi connectivity index (χ0) is 12.3. The Bertz CT molecular complexity index is 374. The molecule has 17 heavy (non-hydrogen) atoms. The summed E-state index contributed by atoms with van der Waals surface area (Å²) in [7, 11) is 6.44. The minimum absolute atomic E-state index is 1.02. The van der Waals surface area contributed by atoms with Gasteiger partial charge in [-0.05, 0) is 44.3 Å². The smallest absolute Gasteiger partial charge is 0.0400 e. The lowest BCUT2D eigenvalue weighted by Gasteiger charge is -2.27. The van der Waals surface area contributed by atoms with Crippen molar-refractivity contribution in [1.29, 1.82) is 0 Å². The van der Waals surface area contributed by atoms with Gasteiger partial charge in [0.05, 0.1) is 0 Å². The lowest BCUT2D eigenvalue weighted by atomic mass is 9.98. The standard InChI is InChI=1S/C14H23N3/c1-16(2)9-10-17(3)14-6-4-5-12-11-15-8-7-13(12)14/h4-6,15H,7-11H2,1-3H3. The van der Waals surface area contributed by atoms with E-state index in [2.05, 4.69) is 54.5 Å². The molecule has 0 fully saturated rings. The fraction of sp³-hybridized carbons (Fsp3) is 0.571. The van der Waals surface area contributed by atoms with Crippen molar-refractivity contribution in [2.75, 3.05) is 45.7 Å². The number of anilines is 1. The predicted octanol–water partition coefficient (Wildman–Crippen LogP) is 1.33. The van der Waals surface area contributed by atoms with Gasteiger partial charge in [0.1, 0.15) is 0 Å². The molecule has 3 nitrogen and oxygen atoms in total. The van der Waals surface area contributed by atoms with E-state index >= 15 is 0 Å². The number of nitrogens with one attached hydrogen (secondary N) is 1. The summed E-state index contributed by atoms with van der Waals surface area (Å²) in [5.41, 5.74) is 4.41. The highest BCUT2D eigenvalue weighted by atomic mass is 15.2. The Hall–Kier alpha value is -1.06. The maximum atomic E-state index is 3.43. The highest BCUT2D eigenvalue weighted by molar-refractivity contribution is 5.57. The largest absolute Gasteiger partial charge is 0.373 e. The quantitative estimate of drug-likeness (QED) is 0.846. The maximum absolute atomic E-state index is 3.43. The third kappa shape index (κ3) is 2.99. The average Bonchev–Trinajstić information content (AvgIpc) is 2.35. The molecule has 0 bridgehead atoms. The second-order valence-corrected chi connectivity index (χ2v) is 5.07. The van der Waals surface area contributed by atoms with Crippen LogP contribution in [0.15, 0.2) is 18.2 Å². The van der Waals surface area contributed by atoms with Crippen LogP contribution in [0.3, 0.4) is 0 Å². The number of nitrogens with zero attached hydrogens (tertiary/aromatic N) is 2. The molecule has 0 atom stereocenters. The van der Waals surface area contributed by atoms with Crippen molar-refractivity contribution in [3.05, 3.63) is 29.3 Å². The van der Waals surface area contributed by atoms with E-state index in [0.717, 1.165) is 32.6 Å².